The first-order valence-electron chi connectivity index (χ1n) is 12.5. The molecule has 8 heteroatoms. The van der Waals surface area contributed by atoms with Crippen LogP contribution in [0.25, 0.3) is 22.4 Å². The fraction of sp³-hybridized carbons (Fsp3) is 0.172. The molecule has 184 valence electrons. The van der Waals surface area contributed by atoms with Crippen LogP contribution in [0.5, 0.6) is 0 Å². The Hall–Kier alpha value is -4.72. The molecule has 1 aliphatic heterocycles. The van der Waals surface area contributed by atoms with E-state index in [1.807, 2.05) is 85.2 Å². The minimum Gasteiger partial charge on any atom is -0.381 e. The molecule has 0 unspecified atom stereocenters. The number of carbonyl (C=O) groups is 1. The van der Waals surface area contributed by atoms with Crippen LogP contribution in [0.4, 0.5) is 17.3 Å². The summed E-state index contributed by atoms with van der Waals surface area (Å²) in [6, 6.07) is 22.9. The van der Waals surface area contributed by atoms with E-state index in [4.69, 9.17) is 4.98 Å². The van der Waals surface area contributed by atoms with E-state index in [0.29, 0.717) is 12.1 Å². The smallest absolute Gasteiger partial charge is 0.255 e. The number of aromatic amines is 1. The highest BCUT2D eigenvalue weighted by Crippen LogP contribution is 2.24. The van der Waals surface area contributed by atoms with E-state index >= 15 is 0 Å². The lowest BCUT2D eigenvalue weighted by molar-refractivity contribution is 0.102. The number of benzene rings is 3. The van der Waals surface area contributed by atoms with Crippen LogP contribution < -0.4 is 15.5 Å². The molecule has 0 bridgehead atoms. The van der Waals surface area contributed by atoms with E-state index in [1.165, 1.54) is 12.8 Å². The minimum absolute atomic E-state index is 0.144. The summed E-state index contributed by atoms with van der Waals surface area (Å²) in [4.78, 5) is 31.9. The number of hydrogen-bond acceptors (Lipinski definition) is 6. The highest BCUT2D eigenvalue weighted by molar-refractivity contribution is 6.04. The van der Waals surface area contributed by atoms with Gasteiger partial charge in [-0.05, 0) is 55.3 Å². The topological polar surface area (TPSA) is 98.8 Å². The molecular weight excluding hydrogens is 462 g/mol. The number of hydrogen-bond donors (Lipinski definition) is 3. The number of anilines is 3. The molecule has 0 spiro atoms. The maximum absolute atomic E-state index is 12.5. The molecule has 2 aromatic heterocycles. The fourth-order valence-corrected chi connectivity index (χ4v) is 4.48. The van der Waals surface area contributed by atoms with Crippen molar-refractivity contribution < 1.29 is 4.79 Å². The van der Waals surface area contributed by atoms with Crippen LogP contribution in [0, 0.1) is 0 Å². The monoisotopic (exact) mass is 489 g/mol. The lowest BCUT2D eigenvalue weighted by atomic mass is 10.1. The largest absolute Gasteiger partial charge is 0.381 e. The third kappa shape index (κ3) is 5.13. The molecule has 5 aromatic rings. The summed E-state index contributed by atoms with van der Waals surface area (Å²) in [7, 11) is 0. The molecule has 1 fully saturated rings. The Balaban J connectivity index is 1.11. The number of carbonyl (C=O) groups excluding carboxylic acids is 1. The molecule has 0 atom stereocenters. The molecule has 3 N–H and O–H groups in total. The van der Waals surface area contributed by atoms with Crippen LogP contribution in [0.2, 0.25) is 0 Å². The summed E-state index contributed by atoms with van der Waals surface area (Å²) in [5.41, 5.74) is 6.11. The van der Waals surface area contributed by atoms with Crippen LogP contribution >= 0.6 is 0 Å². The van der Waals surface area contributed by atoms with Crippen LogP contribution in [0.3, 0.4) is 0 Å². The molecule has 1 amide bonds. The van der Waals surface area contributed by atoms with E-state index in [1.54, 1.807) is 0 Å². The maximum Gasteiger partial charge on any atom is 0.255 e. The van der Waals surface area contributed by atoms with Gasteiger partial charge < -0.3 is 20.5 Å². The van der Waals surface area contributed by atoms with Crippen molar-refractivity contribution in [1.29, 1.82) is 0 Å². The Labute approximate surface area is 214 Å². The highest BCUT2D eigenvalue weighted by Gasteiger charge is 2.14. The lowest BCUT2D eigenvalue weighted by Gasteiger charge is -2.14. The van der Waals surface area contributed by atoms with Gasteiger partial charge in [0.1, 0.15) is 5.82 Å². The summed E-state index contributed by atoms with van der Waals surface area (Å²) in [5, 5.41) is 6.35. The van der Waals surface area contributed by atoms with E-state index in [0.717, 1.165) is 58.4 Å². The molecule has 8 nitrogen and oxygen atoms in total. The molecule has 37 heavy (non-hydrogen) atoms. The van der Waals surface area contributed by atoms with E-state index in [-0.39, 0.29) is 5.91 Å². The van der Waals surface area contributed by atoms with Crippen molar-refractivity contribution in [1.82, 2.24) is 19.9 Å². The van der Waals surface area contributed by atoms with Crippen molar-refractivity contribution in [2.45, 2.75) is 19.4 Å². The first-order valence-corrected chi connectivity index (χ1v) is 12.5. The summed E-state index contributed by atoms with van der Waals surface area (Å²) < 4.78 is 0. The Kier molecular flexibility index (Phi) is 6.21. The number of aromatic nitrogens is 4. The fourth-order valence-electron chi connectivity index (χ4n) is 4.48. The number of rotatable bonds is 7. The number of para-hydroxylation sites is 1. The van der Waals surface area contributed by atoms with Gasteiger partial charge >= 0.3 is 0 Å². The van der Waals surface area contributed by atoms with Gasteiger partial charge in [-0.2, -0.15) is 0 Å². The summed E-state index contributed by atoms with van der Waals surface area (Å²) in [5.74, 6) is 1.43. The number of nitrogens with zero attached hydrogens (tertiary/aromatic N) is 4. The van der Waals surface area contributed by atoms with Crippen LogP contribution in [0.15, 0.2) is 85.2 Å². The molecule has 3 heterocycles. The number of imidazole rings is 1. The van der Waals surface area contributed by atoms with Crippen molar-refractivity contribution in [2.75, 3.05) is 28.6 Å². The first kappa shape index (κ1) is 22.7. The third-order valence-corrected chi connectivity index (χ3v) is 6.51. The van der Waals surface area contributed by atoms with Gasteiger partial charge in [0.15, 0.2) is 0 Å². The molecule has 0 saturated carbocycles. The van der Waals surface area contributed by atoms with Gasteiger partial charge in [0.25, 0.3) is 5.91 Å². The molecule has 0 radical (unpaired) electrons. The highest BCUT2D eigenvalue weighted by atomic mass is 16.1. The van der Waals surface area contributed by atoms with Gasteiger partial charge in [0.2, 0.25) is 5.95 Å². The summed E-state index contributed by atoms with van der Waals surface area (Å²) in [6.07, 6.45) is 6.21. The van der Waals surface area contributed by atoms with Crippen molar-refractivity contribution in [3.63, 3.8) is 0 Å². The summed E-state index contributed by atoms with van der Waals surface area (Å²) in [6.45, 7) is 2.72. The standard InChI is InChI=1S/C29H27N7O/c37-28(33-23-6-2-1-3-7-23)22-10-8-21(9-11-22)27-34-25-13-12-24(16-26(25)35-27)30-17-20-18-31-29(32-19-20)36-14-4-5-15-36/h1-3,6-13,16,18-19,30H,4-5,14-15,17H2,(H,33,37)(H,34,35). The zero-order valence-corrected chi connectivity index (χ0v) is 20.3. The quantitative estimate of drug-likeness (QED) is 0.280. The number of fused-ring (bicyclic) bond motifs is 1. The number of H-pyrrole nitrogens is 1. The van der Waals surface area contributed by atoms with E-state index in [9.17, 15) is 4.79 Å². The van der Waals surface area contributed by atoms with Crippen LogP contribution in [-0.4, -0.2) is 38.9 Å². The predicted molar refractivity (Wildman–Crippen MR) is 147 cm³/mol. The number of nitrogens with one attached hydrogen (secondary N) is 3. The molecular formula is C29H27N7O. The normalized spacial score (nSPS) is 13.1. The summed E-state index contributed by atoms with van der Waals surface area (Å²) >= 11 is 0. The lowest BCUT2D eigenvalue weighted by Crippen LogP contribution is -2.20. The van der Waals surface area contributed by atoms with E-state index < -0.39 is 0 Å². The van der Waals surface area contributed by atoms with Crippen LogP contribution in [0.1, 0.15) is 28.8 Å². The minimum atomic E-state index is -0.144. The average Bonchev–Trinajstić information content (AvgIpc) is 3.63. The molecule has 1 saturated heterocycles. The maximum atomic E-state index is 12.5. The number of amides is 1. The van der Waals surface area contributed by atoms with Crippen molar-refractivity contribution in [3.05, 3.63) is 96.3 Å². The zero-order valence-electron chi connectivity index (χ0n) is 20.3. The van der Waals surface area contributed by atoms with Gasteiger partial charge in [-0.1, -0.05) is 30.3 Å². The Morgan fingerprint density at radius 2 is 1.65 bits per heavy atom. The van der Waals surface area contributed by atoms with Crippen molar-refractivity contribution in [2.24, 2.45) is 0 Å². The Morgan fingerprint density at radius 3 is 2.41 bits per heavy atom. The predicted octanol–water partition coefficient (Wildman–Crippen LogP) is 5.48. The van der Waals surface area contributed by atoms with Gasteiger partial charge in [0.05, 0.1) is 11.0 Å². The molecule has 6 rings (SSSR count). The molecule has 3 aromatic carbocycles. The van der Waals surface area contributed by atoms with Gasteiger partial charge in [-0.15, -0.1) is 0 Å². The zero-order chi connectivity index (χ0) is 25.0. The Bertz CT molecular complexity index is 1510. The molecule has 1 aliphatic rings. The van der Waals surface area contributed by atoms with Gasteiger partial charge in [-0.3, -0.25) is 4.79 Å². The molecule has 0 aliphatic carbocycles. The van der Waals surface area contributed by atoms with Crippen molar-refractivity contribution >= 4 is 34.3 Å². The second-order valence-electron chi connectivity index (χ2n) is 9.15. The van der Waals surface area contributed by atoms with Crippen molar-refractivity contribution in [3.8, 4) is 11.4 Å². The SMILES string of the molecule is O=C(Nc1ccccc1)c1ccc(-c2nc3ccc(NCc4cnc(N5CCCC5)nc4)cc3[nH]2)cc1. The Morgan fingerprint density at radius 1 is 0.892 bits per heavy atom. The second-order valence-corrected chi connectivity index (χ2v) is 9.15. The third-order valence-electron chi connectivity index (χ3n) is 6.51. The van der Waals surface area contributed by atoms with Crippen LogP contribution in [-0.2, 0) is 6.54 Å². The van der Waals surface area contributed by atoms with Gasteiger partial charge in [0, 0.05) is 60.1 Å². The second kappa shape index (κ2) is 10.1. The average molecular weight is 490 g/mol. The van der Waals surface area contributed by atoms with E-state index in [2.05, 4.69) is 30.5 Å². The first-order chi connectivity index (χ1) is 18.2. The van der Waals surface area contributed by atoms with Gasteiger partial charge in [-0.25, -0.2) is 15.0 Å².